The van der Waals surface area contributed by atoms with Gasteiger partial charge in [0.1, 0.15) is 0 Å². The number of hydrogen-bond donors (Lipinski definition) is 1. The van der Waals surface area contributed by atoms with Gasteiger partial charge >= 0.3 is 0 Å². The van der Waals surface area contributed by atoms with E-state index >= 15 is 0 Å². The summed E-state index contributed by atoms with van der Waals surface area (Å²) in [5.41, 5.74) is 3.58. The zero-order chi connectivity index (χ0) is 20.2. The summed E-state index contributed by atoms with van der Waals surface area (Å²) in [6.07, 6.45) is 6.14. The van der Waals surface area contributed by atoms with Crippen molar-refractivity contribution < 1.29 is 4.79 Å². The highest BCUT2D eigenvalue weighted by Gasteiger charge is 2.10. The van der Waals surface area contributed by atoms with Crippen LogP contribution in [0, 0.1) is 0 Å². The lowest BCUT2D eigenvalue weighted by molar-refractivity contribution is -0.121. The van der Waals surface area contributed by atoms with Gasteiger partial charge in [-0.25, -0.2) is 0 Å². The number of unbranched alkanes of at least 4 members (excludes halogenated alkanes) is 2. The van der Waals surface area contributed by atoms with Crippen molar-refractivity contribution in [2.75, 3.05) is 18.0 Å². The SMILES string of the molecule is CCCCN(CCCC)c1ccc(CC(=O)NC(C)Cc2ccccc2)cc1.Cl. The molecule has 0 aliphatic rings. The first kappa shape index (κ1) is 25.0. The number of hydrogen-bond acceptors (Lipinski definition) is 2. The number of rotatable bonds is 12. The monoisotopic (exact) mass is 416 g/mol. The second-order valence-electron chi connectivity index (χ2n) is 7.70. The summed E-state index contributed by atoms with van der Waals surface area (Å²) in [5.74, 6) is 0.0880. The summed E-state index contributed by atoms with van der Waals surface area (Å²) in [7, 11) is 0. The molecule has 1 N–H and O–H groups in total. The summed E-state index contributed by atoms with van der Waals surface area (Å²) in [6, 6.07) is 19.0. The van der Waals surface area contributed by atoms with Crippen molar-refractivity contribution >= 4 is 24.0 Å². The topological polar surface area (TPSA) is 32.3 Å². The minimum absolute atomic E-state index is 0. The van der Waals surface area contributed by atoms with E-state index in [-0.39, 0.29) is 24.4 Å². The lowest BCUT2D eigenvalue weighted by Crippen LogP contribution is -2.35. The van der Waals surface area contributed by atoms with E-state index in [1.54, 1.807) is 0 Å². The highest BCUT2D eigenvalue weighted by molar-refractivity contribution is 5.85. The molecule has 0 saturated heterocycles. The Labute approximate surface area is 183 Å². The smallest absolute Gasteiger partial charge is 0.224 e. The van der Waals surface area contributed by atoms with Gasteiger partial charge in [-0.05, 0) is 49.4 Å². The molecule has 0 spiro atoms. The van der Waals surface area contributed by atoms with Crippen LogP contribution in [0.3, 0.4) is 0 Å². The number of carbonyl (C=O) groups excluding carboxylic acids is 1. The lowest BCUT2D eigenvalue weighted by Gasteiger charge is -2.25. The maximum Gasteiger partial charge on any atom is 0.224 e. The fourth-order valence-corrected chi connectivity index (χ4v) is 3.42. The van der Waals surface area contributed by atoms with E-state index in [1.807, 2.05) is 18.2 Å². The molecule has 0 heterocycles. The predicted molar refractivity (Wildman–Crippen MR) is 127 cm³/mol. The van der Waals surface area contributed by atoms with Crippen molar-refractivity contribution in [1.29, 1.82) is 0 Å². The Hall–Kier alpha value is -2.00. The summed E-state index contributed by atoms with van der Waals surface area (Å²) in [4.78, 5) is 14.9. The summed E-state index contributed by atoms with van der Waals surface area (Å²) in [5, 5.41) is 3.12. The minimum atomic E-state index is 0. The molecule has 0 radical (unpaired) electrons. The molecule has 0 fully saturated rings. The van der Waals surface area contributed by atoms with Crippen molar-refractivity contribution in [2.45, 2.75) is 65.3 Å². The quantitative estimate of drug-likeness (QED) is 0.473. The van der Waals surface area contributed by atoms with Crippen LogP contribution in [0.1, 0.15) is 57.6 Å². The zero-order valence-corrected chi connectivity index (χ0v) is 19.0. The third-order valence-electron chi connectivity index (χ3n) is 5.02. The fourth-order valence-electron chi connectivity index (χ4n) is 3.42. The third-order valence-corrected chi connectivity index (χ3v) is 5.02. The van der Waals surface area contributed by atoms with Crippen molar-refractivity contribution in [3.63, 3.8) is 0 Å². The molecule has 0 aliphatic carbocycles. The van der Waals surface area contributed by atoms with E-state index in [1.165, 1.54) is 36.9 Å². The molecule has 160 valence electrons. The van der Waals surface area contributed by atoms with Crippen molar-refractivity contribution in [3.05, 3.63) is 65.7 Å². The lowest BCUT2D eigenvalue weighted by atomic mass is 10.1. The molecule has 1 unspecified atom stereocenters. The van der Waals surface area contributed by atoms with Crippen LogP contribution < -0.4 is 10.2 Å². The van der Waals surface area contributed by atoms with Gasteiger partial charge in [0.25, 0.3) is 0 Å². The highest BCUT2D eigenvalue weighted by Crippen LogP contribution is 2.17. The number of halogens is 1. The molecular formula is C25H37ClN2O. The summed E-state index contributed by atoms with van der Waals surface area (Å²) < 4.78 is 0. The van der Waals surface area contributed by atoms with Crippen LogP contribution in [0.15, 0.2) is 54.6 Å². The molecular weight excluding hydrogens is 380 g/mol. The van der Waals surface area contributed by atoms with E-state index in [0.717, 1.165) is 25.1 Å². The van der Waals surface area contributed by atoms with Gasteiger partial charge in [0.2, 0.25) is 5.91 Å². The van der Waals surface area contributed by atoms with E-state index in [0.29, 0.717) is 6.42 Å². The van der Waals surface area contributed by atoms with Gasteiger partial charge in [-0.2, -0.15) is 0 Å². The molecule has 2 rings (SSSR count). The Kier molecular flexibility index (Phi) is 12.1. The number of anilines is 1. The van der Waals surface area contributed by atoms with Gasteiger partial charge in [0, 0.05) is 24.8 Å². The van der Waals surface area contributed by atoms with Crippen molar-refractivity contribution in [1.82, 2.24) is 5.32 Å². The van der Waals surface area contributed by atoms with Crippen LogP contribution in [0.5, 0.6) is 0 Å². The van der Waals surface area contributed by atoms with Crippen molar-refractivity contribution in [3.8, 4) is 0 Å². The average Bonchev–Trinajstić information content (AvgIpc) is 2.69. The number of nitrogens with zero attached hydrogens (tertiary/aromatic N) is 1. The summed E-state index contributed by atoms with van der Waals surface area (Å²) >= 11 is 0. The molecule has 29 heavy (non-hydrogen) atoms. The van der Waals surface area contributed by atoms with Gasteiger partial charge < -0.3 is 10.2 Å². The van der Waals surface area contributed by atoms with Crippen LogP contribution in [0.4, 0.5) is 5.69 Å². The Balaban J connectivity index is 0.00000420. The van der Waals surface area contributed by atoms with Gasteiger partial charge in [-0.3, -0.25) is 4.79 Å². The molecule has 0 bridgehead atoms. The predicted octanol–water partition coefficient (Wildman–Crippen LogP) is 5.80. The number of carbonyl (C=O) groups is 1. The number of amides is 1. The van der Waals surface area contributed by atoms with Crippen LogP contribution in [0.25, 0.3) is 0 Å². The second-order valence-corrected chi connectivity index (χ2v) is 7.70. The Morgan fingerprint density at radius 3 is 2.03 bits per heavy atom. The molecule has 0 aromatic heterocycles. The normalized spacial score (nSPS) is 11.4. The van der Waals surface area contributed by atoms with Gasteiger partial charge in [-0.1, -0.05) is 69.2 Å². The van der Waals surface area contributed by atoms with Crippen LogP contribution in [-0.2, 0) is 17.6 Å². The first-order chi connectivity index (χ1) is 13.6. The molecule has 0 aliphatic heterocycles. The van der Waals surface area contributed by atoms with Crippen LogP contribution in [0.2, 0.25) is 0 Å². The maximum absolute atomic E-state index is 12.4. The van der Waals surface area contributed by atoms with E-state index in [4.69, 9.17) is 0 Å². The fraction of sp³-hybridized carbons (Fsp3) is 0.480. The largest absolute Gasteiger partial charge is 0.372 e. The van der Waals surface area contributed by atoms with Gasteiger partial charge in [0.05, 0.1) is 6.42 Å². The molecule has 2 aromatic rings. The number of benzene rings is 2. The minimum Gasteiger partial charge on any atom is -0.372 e. The molecule has 1 atom stereocenters. The Morgan fingerprint density at radius 2 is 1.48 bits per heavy atom. The first-order valence-corrected chi connectivity index (χ1v) is 10.8. The Morgan fingerprint density at radius 1 is 0.897 bits per heavy atom. The summed E-state index contributed by atoms with van der Waals surface area (Å²) in [6.45, 7) is 8.74. The van der Waals surface area contributed by atoms with Crippen LogP contribution >= 0.6 is 12.4 Å². The maximum atomic E-state index is 12.4. The van der Waals surface area contributed by atoms with Gasteiger partial charge in [0.15, 0.2) is 0 Å². The second kappa shape index (κ2) is 14.1. The standard InChI is InChI=1S/C25H36N2O.ClH/c1-4-6-17-27(18-7-5-2)24-15-13-23(14-16-24)20-25(28)26-21(3)19-22-11-9-8-10-12-22;/h8-16,21H,4-7,17-20H2,1-3H3,(H,26,28);1H. The van der Waals surface area contributed by atoms with Crippen molar-refractivity contribution in [2.24, 2.45) is 0 Å². The Bertz CT molecular complexity index is 680. The van der Waals surface area contributed by atoms with Crippen LogP contribution in [-0.4, -0.2) is 25.0 Å². The zero-order valence-electron chi connectivity index (χ0n) is 18.2. The first-order valence-electron chi connectivity index (χ1n) is 10.8. The van der Waals surface area contributed by atoms with E-state index in [2.05, 4.69) is 67.4 Å². The van der Waals surface area contributed by atoms with E-state index < -0.39 is 0 Å². The van der Waals surface area contributed by atoms with Gasteiger partial charge in [-0.15, -0.1) is 12.4 Å². The molecule has 0 saturated carbocycles. The molecule has 1 amide bonds. The molecule has 4 heteroatoms. The highest BCUT2D eigenvalue weighted by atomic mass is 35.5. The third kappa shape index (κ3) is 9.36. The van der Waals surface area contributed by atoms with E-state index in [9.17, 15) is 4.79 Å². The number of nitrogens with one attached hydrogen (secondary N) is 1. The molecule has 2 aromatic carbocycles. The average molecular weight is 417 g/mol. The molecule has 3 nitrogen and oxygen atoms in total.